The van der Waals surface area contributed by atoms with Gasteiger partial charge < -0.3 is 15.7 Å². The summed E-state index contributed by atoms with van der Waals surface area (Å²) in [5.74, 6) is -0.106. The molecule has 0 fully saturated rings. The van der Waals surface area contributed by atoms with E-state index < -0.39 is 6.10 Å². The number of anilines is 1. The fourth-order valence-electron chi connectivity index (χ4n) is 1.28. The number of aliphatic hydroxyl groups excluding tert-OH is 1. The summed E-state index contributed by atoms with van der Waals surface area (Å²) in [6.45, 7) is 0.273. The molecular formula is C11H14Cl2N2O2. The maximum Gasteiger partial charge on any atom is 0.253 e. The summed E-state index contributed by atoms with van der Waals surface area (Å²) >= 11 is 11.3. The van der Waals surface area contributed by atoms with Crippen LogP contribution in [0.3, 0.4) is 0 Å². The van der Waals surface area contributed by atoms with E-state index >= 15 is 0 Å². The minimum absolute atomic E-state index is 0.135. The molecule has 0 aliphatic rings. The largest absolute Gasteiger partial charge is 0.390 e. The Morgan fingerprint density at radius 1 is 1.53 bits per heavy atom. The molecule has 0 bridgehead atoms. The smallest absolute Gasteiger partial charge is 0.253 e. The van der Waals surface area contributed by atoms with Crippen molar-refractivity contribution < 1.29 is 9.90 Å². The first-order valence-electron chi connectivity index (χ1n) is 5.08. The summed E-state index contributed by atoms with van der Waals surface area (Å²) in [7, 11) is 1.54. The van der Waals surface area contributed by atoms with E-state index in [-0.39, 0.29) is 18.3 Å². The predicted octanol–water partition coefficient (Wildman–Crippen LogP) is 1.71. The Balaban J connectivity index is 2.86. The summed E-state index contributed by atoms with van der Waals surface area (Å²) in [4.78, 5) is 11.6. The van der Waals surface area contributed by atoms with Gasteiger partial charge in [0.1, 0.15) is 0 Å². The minimum atomic E-state index is -0.662. The average molecular weight is 277 g/mol. The van der Waals surface area contributed by atoms with Crippen LogP contribution in [0.25, 0.3) is 0 Å². The molecule has 1 unspecified atom stereocenters. The van der Waals surface area contributed by atoms with E-state index in [1.54, 1.807) is 25.2 Å². The lowest BCUT2D eigenvalue weighted by Crippen LogP contribution is -2.24. The third kappa shape index (κ3) is 4.07. The summed E-state index contributed by atoms with van der Waals surface area (Å²) in [6, 6.07) is 4.92. The van der Waals surface area contributed by atoms with Crippen LogP contribution in [0.5, 0.6) is 0 Å². The SMILES string of the molecule is CNC(=O)c1cc(Cl)ccc1NCC(O)CCl. The van der Waals surface area contributed by atoms with Gasteiger partial charge in [0.05, 0.1) is 17.5 Å². The van der Waals surface area contributed by atoms with E-state index in [1.807, 2.05) is 0 Å². The molecule has 1 amide bonds. The Bertz CT molecular complexity index is 399. The van der Waals surface area contributed by atoms with E-state index in [4.69, 9.17) is 23.2 Å². The van der Waals surface area contributed by atoms with Gasteiger partial charge in [0.2, 0.25) is 0 Å². The fraction of sp³-hybridized carbons (Fsp3) is 0.364. The molecular weight excluding hydrogens is 263 g/mol. The normalized spacial score (nSPS) is 12.0. The summed E-state index contributed by atoms with van der Waals surface area (Å²) in [5.41, 5.74) is 1.04. The van der Waals surface area contributed by atoms with E-state index in [0.29, 0.717) is 16.3 Å². The van der Waals surface area contributed by atoms with Gasteiger partial charge in [-0.1, -0.05) is 11.6 Å². The van der Waals surface area contributed by atoms with E-state index in [0.717, 1.165) is 0 Å². The fourth-order valence-corrected chi connectivity index (χ4v) is 1.56. The molecule has 1 atom stereocenters. The Labute approximate surface area is 110 Å². The number of hydrogen-bond acceptors (Lipinski definition) is 3. The Kier molecular flexibility index (Phi) is 5.55. The maximum absolute atomic E-state index is 11.6. The third-order valence-electron chi connectivity index (χ3n) is 2.16. The van der Waals surface area contributed by atoms with Crippen LogP contribution in [0.15, 0.2) is 18.2 Å². The van der Waals surface area contributed by atoms with Gasteiger partial charge in [-0.15, -0.1) is 11.6 Å². The summed E-state index contributed by atoms with van der Waals surface area (Å²) in [5, 5.41) is 15.3. The number of nitrogens with one attached hydrogen (secondary N) is 2. The first-order chi connectivity index (χ1) is 8.08. The number of rotatable bonds is 5. The van der Waals surface area contributed by atoms with Crippen molar-refractivity contribution >= 4 is 34.8 Å². The Morgan fingerprint density at radius 3 is 2.82 bits per heavy atom. The van der Waals surface area contributed by atoms with Gasteiger partial charge >= 0.3 is 0 Å². The topological polar surface area (TPSA) is 61.4 Å². The number of hydrogen-bond donors (Lipinski definition) is 3. The number of carbonyl (C=O) groups excluding carboxylic acids is 1. The number of benzene rings is 1. The molecule has 0 heterocycles. The van der Waals surface area contributed by atoms with Crippen molar-refractivity contribution in [1.82, 2.24) is 5.32 Å². The van der Waals surface area contributed by atoms with Crippen molar-refractivity contribution in [2.75, 3.05) is 24.8 Å². The molecule has 0 aliphatic carbocycles. The van der Waals surface area contributed by atoms with Crippen molar-refractivity contribution in [3.8, 4) is 0 Å². The molecule has 0 aromatic heterocycles. The van der Waals surface area contributed by atoms with Gasteiger partial charge in [-0.05, 0) is 18.2 Å². The van der Waals surface area contributed by atoms with Gasteiger partial charge in [0.25, 0.3) is 5.91 Å². The monoisotopic (exact) mass is 276 g/mol. The molecule has 1 aromatic rings. The molecule has 0 saturated carbocycles. The molecule has 4 nitrogen and oxygen atoms in total. The molecule has 1 aromatic carbocycles. The molecule has 94 valence electrons. The number of alkyl halides is 1. The second kappa shape index (κ2) is 6.69. The molecule has 17 heavy (non-hydrogen) atoms. The zero-order chi connectivity index (χ0) is 12.8. The third-order valence-corrected chi connectivity index (χ3v) is 2.75. The van der Waals surface area contributed by atoms with Crippen LogP contribution in [-0.2, 0) is 0 Å². The number of aliphatic hydroxyl groups is 1. The highest BCUT2D eigenvalue weighted by Gasteiger charge is 2.11. The Hall–Kier alpha value is -0.970. The number of carbonyl (C=O) groups is 1. The lowest BCUT2D eigenvalue weighted by Gasteiger charge is -2.13. The highest BCUT2D eigenvalue weighted by Crippen LogP contribution is 2.20. The van der Waals surface area contributed by atoms with Crippen molar-refractivity contribution in [2.24, 2.45) is 0 Å². The van der Waals surface area contributed by atoms with Crippen molar-refractivity contribution in [2.45, 2.75) is 6.10 Å². The number of amides is 1. The molecule has 0 spiro atoms. The van der Waals surface area contributed by atoms with Gasteiger partial charge in [0.15, 0.2) is 0 Å². The van der Waals surface area contributed by atoms with E-state index in [1.165, 1.54) is 0 Å². The van der Waals surface area contributed by atoms with Crippen LogP contribution >= 0.6 is 23.2 Å². The van der Waals surface area contributed by atoms with Gasteiger partial charge in [0, 0.05) is 24.3 Å². The molecule has 1 rings (SSSR count). The molecule has 3 N–H and O–H groups in total. The summed E-state index contributed by atoms with van der Waals surface area (Å²) < 4.78 is 0. The zero-order valence-electron chi connectivity index (χ0n) is 9.34. The first-order valence-corrected chi connectivity index (χ1v) is 5.99. The van der Waals surface area contributed by atoms with Crippen LogP contribution < -0.4 is 10.6 Å². The van der Waals surface area contributed by atoms with Crippen LogP contribution in [0.1, 0.15) is 10.4 Å². The minimum Gasteiger partial charge on any atom is -0.390 e. The zero-order valence-corrected chi connectivity index (χ0v) is 10.8. The lowest BCUT2D eigenvalue weighted by molar-refractivity contribution is 0.0963. The van der Waals surface area contributed by atoms with Crippen LogP contribution in [0.4, 0.5) is 5.69 Å². The maximum atomic E-state index is 11.6. The van der Waals surface area contributed by atoms with Crippen LogP contribution in [0.2, 0.25) is 5.02 Å². The van der Waals surface area contributed by atoms with Crippen molar-refractivity contribution in [1.29, 1.82) is 0 Å². The van der Waals surface area contributed by atoms with Crippen molar-refractivity contribution in [3.63, 3.8) is 0 Å². The van der Waals surface area contributed by atoms with E-state index in [2.05, 4.69) is 10.6 Å². The van der Waals surface area contributed by atoms with Crippen LogP contribution in [-0.4, -0.2) is 36.6 Å². The van der Waals surface area contributed by atoms with Gasteiger partial charge in [-0.2, -0.15) is 0 Å². The predicted molar refractivity (Wildman–Crippen MR) is 70.1 cm³/mol. The second-order valence-electron chi connectivity index (χ2n) is 3.46. The van der Waals surface area contributed by atoms with Crippen molar-refractivity contribution in [3.05, 3.63) is 28.8 Å². The quantitative estimate of drug-likeness (QED) is 0.718. The van der Waals surface area contributed by atoms with Gasteiger partial charge in [-0.3, -0.25) is 4.79 Å². The standard InChI is InChI=1S/C11H14Cl2N2O2/c1-14-11(17)9-4-7(13)2-3-10(9)15-6-8(16)5-12/h2-4,8,15-16H,5-6H2,1H3,(H,14,17). The van der Waals surface area contributed by atoms with Crippen LogP contribution in [0, 0.1) is 0 Å². The molecule has 0 saturated heterocycles. The molecule has 0 aliphatic heterocycles. The first kappa shape index (κ1) is 14.1. The average Bonchev–Trinajstić information content (AvgIpc) is 2.35. The lowest BCUT2D eigenvalue weighted by atomic mass is 10.1. The number of halogens is 2. The summed E-state index contributed by atoms with van der Waals surface area (Å²) in [6.07, 6.45) is -0.662. The Morgan fingerprint density at radius 2 is 2.24 bits per heavy atom. The highest BCUT2D eigenvalue weighted by molar-refractivity contribution is 6.31. The van der Waals surface area contributed by atoms with Gasteiger partial charge in [-0.25, -0.2) is 0 Å². The molecule has 0 radical (unpaired) electrons. The second-order valence-corrected chi connectivity index (χ2v) is 4.20. The highest BCUT2D eigenvalue weighted by atomic mass is 35.5. The molecule has 6 heteroatoms. The van der Waals surface area contributed by atoms with E-state index in [9.17, 15) is 9.90 Å².